The molecule has 2 heterocycles. The molecule has 0 unspecified atom stereocenters. The van der Waals surface area contributed by atoms with Crippen molar-refractivity contribution >= 4 is 11.9 Å². The summed E-state index contributed by atoms with van der Waals surface area (Å²) in [5.74, 6) is 0. The van der Waals surface area contributed by atoms with Gasteiger partial charge in [0, 0.05) is 25.2 Å². The molecule has 13 heavy (non-hydrogen) atoms. The lowest BCUT2D eigenvalue weighted by Crippen LogP contribution is -1.86. The van der Waals surface area contributed by atoms with Gasteiger partial charge in [-0.2, -0.15) is 0 Å². The number of rotatable bonds is 1. The van der Waals surface area contributed by atoms with E-state index in [4.69, 9.17) is 0 Å². The van der Waals surface area contributed by atoms with E-state index < -0.39 is 0 Å². The predicted octanol–water partition coefficient (Wildman–Crippen LogP) is 1.69. The molecule has 2 rings (SSSR count). The van der Waals surface area contributed by atoms with E-state index >= 15 is 0 Å². The van der Waals surface area contributed by atoms with E-state index in [0.717, 1.165) is 11.3 Å². The van der Waals surface area contributed by atoms with Crippen molar-refractivity contribution in [2.24, 2.45) is 4.99 Å². The Morgan fingerprint density at radius 1 is 1.46 bits per heavy atom. The van der Waals surface area contributed by atoms with Crippen molar-refractivity contribution in [2.45, 2.75) is 6.92 Å². The van der Waals surface area contributed by atoms with Crippen LogP contribution in [0.2, 0.25) is 0 Å². The number of nitrogens with zero attached hydrogens (tertiary/aromatic N) is 3. The van der Waals surface area contributed by atoms with Crippen LogP contribution in [0.1, 0.15) is 11.4 Å². The topological polar surface area (TPSA) is 29.7 Å². The van der Waals surface area contributed by atoms with E-state index in [1.807, 2.05) is 18.3 Å². The number of hydrogen-bond acceptors (Lipinski definition) is 2. The number of aryl methyl sites for hydroxylation is 1. The number of aliphatic imine (C=N–C) groups is 1. The molecule has 3 nitrogen and oxygen atoms in total. The summed E-state index contributed by atoms with van der Waals surface area (Å²) in [6.45, 7) is 2.06. The Balaban J connectivity index is 2.68. The largest absolute Gasteiger partial charge is 0.304 e. The van der Waals surface area contributed by atoms with Crippen molar-refractivity contribution in [1.82, 2.24) is 9.38 Å². The zero-order chi connectivity index (χ0) is 9.26. The van der Waals surface area contributed by atoms with Gasteiger partial charge in [0.1, 0.15) is 5.65 Å². The summed E-state index contributed by atoms with van der Waals surface area (Å²) >= 11 is 0. The van der Waals surface area contributed by atoms with Gasteiger partial charge >= 0.3 is 0 Å². The zero-order valence-electron chi connectivity index (χ0n) is 7.73. The maximum absolute atomic E-state index is 4.38. The first-order valence-electron chi connectivity index (χ1n) is 4.18. The van der Waals surface area contributed by atoms with Crippen molar-refractivity contribution < 1.29 is 0 Å². The molecule has 0 atom stereocenters. The van der Waals surface area contributed by atoms with Crippen molar-refractivity contribution in [3.05, 3.63) is 35.8 Å². The maximum atomic E-state index is 4.38. The summed E-state index contributed by atoms with van der Waals surface area (Å²) in [6, 6.07) is 6.05. The van der Waals surface area contributed by atoms with Gasteiger partial charge in [-0.15, -0.1) is 0 Å². The second-order valence-electron chi connectivity index (χ2n) is 2.95. The monoisotopic (exact) mass is 173 g/mol. The minimum Gasteiger partial charge on any atom is -0.304 e. The fraction of sp³-hybridized carbons (Fsp3) is 0.200. The van der Waals surface area contributed by atoms with E-state index in [9.17, 15) is 0 Å². The molecule has 3 heteroatoms. The molecule has 0 radical (unpaired) electrons. The van der Waals surface area contributed by atoms with Gasteiger partial charge in [-0.05, 0) is 19.1 Å². The highest BCUT2D eigenvalue weighted by atomic mass is 15.0. The SMILES string of the molecule is CN=Cc1cn2c(C)cccc2n1. The molecule has 2 aromatic rings. The summed E-state index contributed by atoms with van der Waals surface area (Å²) in [7, 11) is 1.75. The van der Waals surface area contributed by atoms with E-state index in [1.165, 1.54) is 5.69 Å². The summed E-state index contributed by atoms with van der Waals surface area (Å²) < 4.78 is 2.05. The highest BCUT2D eigenvalue weighted by Crippen LogP contribution is 2.06. The van der Waals surface area contributed by atoms with Crippen LogP contribution in [0, 0.1) is 6.92 Å². The minimum absolute atomic E-state index is 0.900. The van der Waals surface area contributed by atoms with Gasteiger partial charge in [0.2, 0.25) is 0 Å². The van der Waals surface area contributed by atoms with Crippen LogP contribution in [-0.4, -0.2) is 22.6 Å². The molecular weight excluding hydrogens is 162 g/mol. The molecule has 0 bridgehead atoms. The van der Waals surface area contributed by atoms with Crippen LogP contribution >= 0.6 is 0 Å². The molecule has 0 aliphatic rings. The van der Waals surface area contributed by atoms with Gasteiger partial charge in [0.05, 0.1) is 5.69 Å². The van der Waals surface area contributed by atoms with Crippen LogP contribution in [0.25, 0.3) is 5.65 Å². The summed E-state index contributed by atoms with van der Waals surface area (Å²) in [4.78, 5) is 8.31. The molecule has 0 aliphatic carbocycles. The van der Waals surface area contributed by atoms with E-state index in [-0.39, 0.29) is 0 Å². The second kappa shape index (κ2) is 3.01. The third-order valence-electron chi connectivity index (χ3n) is 1.98. The van der Waals surface area contributed by atoms with Gasteiger partial charge in [-0.1, -0.05) is 6.07 Å². The molecule has 0 aliphatic heterocycles. The molecule has 0 fully saturated rings. The standard InChI is InChI=1S/C10H11N3/c1-8-4-3-5-10-12-9(6-11-2)7-13(8)10/h3-7H,1-2H3. The number of hydrogen-bond donors (Lipinski definition) is 0. The average Bonchev–Trinajstić information content (AvgIpc) is 2.49. The number of fused-ring (bicyclic) bond motifs is 1. The van der Waals surface area contributed by atoms with Crippen molar-refractivity contribution in [3.63, 3.8) is 0 Å². The smallest absolute Gasteiger partial charge is 0.137 e. The van der Waals surface area contributed by atoms with Crippen LogP contribution < -0.4 is 0 Å². The van der Waals surface area contributed by atoms with Gasteiger partial charge in [0.25, 0.3) is 0 Å². The molecule has 0 amide bonds. The van der Waals surface area contributed by atoms with Crippen LogP contribution in [0.4, 0.5) is 0 Å². The lowest BCUT2D eigenvalue weighted by Gasteiger charge is -1.95. The predicted molar refractivity (Wildman–Crippen MR) is 53.4 cm³/mol. The molecular formula is C10H11N3. The summed E-state index contributed by atoms with van der Waals surface area (Å²) in [5.41, 5.74) is 3.05. The van der Waals surface area contributed by atoms with E-state index in [2.05, 4.69) is 27.4 Å². The van der Waals surface area contributed by atoms with Crippen molar-refractivity contribution in [2.75, 3.05) is 7.05 Å². The van der Waals surface area contributed by atoms with Crippen molar-refractivity contribution in [1.29, 1.82) is 0 Å². The first-order chi connectivity index (χ1) is 6.31. The Kier molecular flexibility index (Phi) is 1.85. The fourth-order valence-electron chi connectivity index (χ4n) is 1.36. The molecule has 0 N–H and O–H groups in total. The Labute approximate surface area is 76.8 Å². The highest BCUT2D eigenvalue weighted by Gasteiger charge is 1.99. The van der Waals surface area contributed by atoms with Gasteiger partial charge in [-0.25, -0.2) is 4.98 Å². The lowest BCUT2D eigenvalue weighted by molar-refractivity contribution is 1.09. The Morgan fingerprint density at radius 2 is 2.31 bits per heavy atom. The Morgan fingerprint density at radius 3 is 3.00 bits per heavy atom. The molecule has 0 saturated carbocycles. The minimum atomic E-state index is 0.900. The van der Waals surface area contributed by atoms with Crippen LogP contribution in [-0.2, 0) is 0 Å². The first-order valence-corrected chi connectivity index (χ1v) is 4.18. The number of imidazole rings is 1. The summed E-state index contributed by atoms with van der Waals surface area (Å²) in [6.07, 6.45) is 3.74. The average molecular weight is 173 g/mol. The Bertz CT molecular complexity index is 454. The molecule has 0 spiro atoms. The normalized spacial score (nSPS) is 11.5. The quantitative estimate of drug-likeness (QED) is 0.603. The third-order valence-corrected chi connectivity index (χ3v) is 1.98. The maximum Gasteiger partial charge on any atom is 0.137 e. The molecule has 0 saturated heterocycles. The highest BCUT2D eigenvalue weighted by molar-refractivity contribution is 5.77. The molecule has 0 aromatic carbocycles. The molecule has 2 aromatic heterocycles. The Hall–Kier alpha value is -1.64. The lowest BCUT2D eigenvalue weighted by atomic mass is 10.4. The van der Waals surface area contributed by atoms with Crippen molar-refractivity contribution in [3.8, 4) is 0 Å². The van der Waals surface area contributed by atoms with Gasteiger partial charge in [-0.3, -0.25) is 4.99 Å². The number of aromatic nitrogens is 2. The van der Waals surface area contributed by atoms with Gasteiger partial charge in [0.15, 0.2) is 0 Å². The van der Waals surface area contributed by atoms with Crippen LogP contribution in [0.3, 0.4) is 0 Å². The van der Waals surface area contributed by atoms with E-state index in [0.29, 0.717) is 0 Å². The zero-order valence-corrected chi connectivity index (χ0v) is 7.73. The van der Waals surface area contributed by atoms with Crippen LogP contribution in [0.15, 0.2) is 29.4 Å². The van der Waals surface area contributed by atoms with Crippen LogP contribution in [0.5, 0.6) is 0 Å². The first kappa shape index (κ1) is 7.98. The second-order valence-corrected chi connectivity index (χ2v) is 2.95. The molecule has 66 valence electrons. The van der Waals surface area contributed by atoms with E-state index in [1.54, 1.807) is 13.3 Å². The van der Waals surface area contributed by atoms with Gasteiger partial charge < -0.3 is 4.40 Å². The third kappa shape index (κ3) is 1.33. The fourth-order valence-corrected chi connectivity index (χ4v) is 1.36. The number of pyridine rings is 1. The summed E-state index contributed by atoms with van der Waals surface area (Å²) in [5, 5.41) is 0.